The van der Waals surface area contributed by atoms with Gasteiger partial charge in [0.15, 0.2) is 0 Å². The molecule has 0 radical (unpaired) electrons. The molecule has 100 valence electrons. The van der Waals surface area contributed by atoms with E-state index in [1.165, 1.54) is 0 Å². The SMILES string of the molecule is CCC(O)CN1CCCC(CNCC(=O)O)C1. The van der Waals surface area contributed by atoms with Crippen molar-refractivity contribution < 1.29 is 15.0 Å². The van der Waals surface area contributed by atoms with Crippen LogP contribution in [0.5, 0.6) is 0 Å². The van der Waals surface area contributed by atoms with Crippen LogP contribution in [0.2, 0.25) is 0 Å². The number of piperidine rings is 1. The monoisotopic (exact) mass is 244 g/mol. The lowest BCUT2D eigenvalue weighted by atomic mass is 9.97. The van der Waals surface area contributed by atoms with Crippen LogP contribution >= 0.6 is 0 Å². The highest BCUT2D eigenvalue weighted by Gasteiger charge is 2.21. The quantitative estimate of drug-likeness (QED) is 0.594. The molecule has 1 aliphatic heterocycles. The van der Waals surface area contributed by atoms with Gasteiger partial charge in [-0.15, -0.1) is 0 Å². The fourth-order valence-corrected chi connectivity index (χ4v) is 2.29. The van der Waals surface area contributed by atoms with Crippen molar-refractivity contribution in [3.63, 3.8) is 0 Å². The smallest absolute Gasteiger partial charge is 0.317 e. The topological polar surface area (TPSA) is 72.8 Å². The van der Waals surface area contributed by atoms with Gasteiger partial charge in [-0.05, 0) is 38.3 Å². The molecule has 2 unspecified atom stereocenters. The maximum Gasteiger partial charge on any atom is 0.317 e. The van der Waals surface area contributed by atoms with Crippen LogP contribution < -0.4 is 5.32 Å². The summed E-state index contributed by atoms with van der Waals surface area (Å²) in [6, 6.07) is 0. The van der Waals surface area contributed by atoms with E-state index < -0.39 is 5.97 Å². The molecule has 17 heavy (non-hydrogen) atoms. The Kier molecular flexibility index (Phi) is 6.47. The Balaban J connectivity index is 2.21. The first kappa shape index (κ1) is 14.4. The van der Waals surface area contributed by atoms with Crippen LogP contribution in [0.15, 0.2) is 0 Å². The summed E-state index contributed by atoms with van der Waals surface area (Å²) in [5.41, 5.74) is 0. The number of aliphatic hydroxyl groups excluding tert-OH is 1. The van der Waals surface area contributed by atoms with Gasteiger partial charge in [0.2, 0.25) is 0 Å². The standard InChI is InChI=1S/C12H24N2O3/c1-2-11(15)9-14-5-3-4-10(8-14)6-13-7-12(16)17/h10-11,13,15H,2-9H2,1H3,(H,16,17). The van der Waals surface area contributed by atoms with Crippen molar-refractivity contribution in [1.82, 2.24) is 10.2 Å². The second-order valence-electron chi connectivity index (χ2n) is 4.85. The highest BCUT2D eigenvalue weighted by Crippen LogP contribution is 2.16. The molecule has 0 saturated carbocycles. The van der Waals surface area contributed by atoms with E-state index in [0.717, 1.165) is 45.4 Å². The molecule has 0 aromatic carbocycles. The van der Waals surface area contributed by atoms with E-state index in [4.69, 9.17) is 5.11 Å². The van der Waals surface area contributed by atoms with Gasteiger partial charge in [0.05, 0.1) is 12.6 Å². The number of nitrogens with one attached hydrogen (secondary N) is 1. The zero-order chi connectivity index (χ0) is 12.7. The molecule has 0 aromatic rings. The van der Waals surface area contributed by atoms with Crippen molar-refractivity contribution in [3.05, 3.63) is 0 Å². The Morgan fingerprint density at radius 1 is 1.59 bits per heavy atom. The molecule has 5 heteroatoms. The first-order chi connectivity index (χ1) is 8.11. The van der Waals surface area contributed by atoms with Gasteiger partial charge >= 0.3 is 5.97 Å². The zero-order valence-electron chi connectivity index (χ0n) is 10.6. The van der Waals surface area contributed by atoms with E-state index in [-0.39, 0.29) is 12.6 Å². The Hall–Kier alpha value is -0.650. The number of nitrogens with zero attached hydrogens (tertiary/aromatic N) is 1. The van der Waals surface area contributed by atoms with Crippen molar-refractivity contribution in [2.45, 2.75) is 32.3 Å². The fourth-order valence-electron chi connectivity index (χ4n) is 2.29. The van der Waals surface area contributed by atoms with E-state index in [2.05, 4.69) is 10.2 Å². The van der Waals surface area contributed by atoms with Gasteiger partial charge in [-0.25, -0.2) is 0 Å². The minimum Gasteiger partial charge on any atom is -0.480 e. The molecule has 1 fully saturated rings. The molecule has 3 N–H and O–H groups in total. The maximum absolute atomic E-state index is 10.4. The Morgan fingerprint density at radius 3 is 3.00 bits per heavy atom. The predicted octanol–water partition coefficient (Wildman–Crippen LogP) is 0.144. The first-order valence-electron chi connectivity index (χ1n) is 6.44. The highest BCUT2D eigenvalue weighted by molar-refractivity contribution is 5.68. The summed E-state index contributed by atoms with van der Waals surface area (Å²) in [6.07, 6.45) is 2.83. The number of hydrogen-bond donors (Lipinski definition) is 3. The number of aliphatic hydroxyl groups is 1. The van der Waals surface area contributed by atoms with Crippen LogP contribution in [-0.4, -0.2) is 59.9 Å². The molecule has 0 spiro atoms. The van der Waals surface area contributed by atoms with Crippen molar-refractivity contribution in [2.75, 3.05) is 32.7 Å². The normalized spacial score (nSPS) is 23.5. The first-order valence-corrected chi connectivity index (χ1v) is 6.44. The van der Waals surface area contributed by atoms with Crippen LogP contribution in [-0.2, 0) is 4.79 Å². The molecular weight excluding hydrogens is 220 g/mol. The van der Waals surface area contributed by atoms with Gasteiger partial charge in [-0.1, -0.05) is 6.92 Å². The second-order valence-corrected chi connectivity index (χ2v) is 4.85. The van der Waals surface area contributed by atoms with Crippen LogP contribution in [0.4, 0.5) is 0 Å². The van der Waals surface area contributed by atoms with E-state index in [9.17, 15) is 9.90 Å². The Bertz CT molecular complexity index is 236. The molecule has 1 heterocycles. The molecule has 1 aliphatic rings. The summed E-state index contributed by atoms with van der Waals surface area (Å²) < 4.78 is 0. The van der Waals surface area contributed by atoms with E-state index in [1.54, 1.807) is 0 Å². The third-order valence-corrected chi connectivity index (χ3v) is 3.25. The van der Waals surface area contributed by atoms with Crippen LogP contribution in [0.25, 0.3) is 0 Å². The lowest BCUT2D eigenvalue weighted by molar-refractivity contribution is -0.136. The van der Waals surface area contributed by atoms with Crippen LogP contribution in [0.3, 0.4) is 0 Å². The minimum atomic E-state index is -0.806. The minimum absolute atomic E-state index is 0.0358. The number of hydrogen-bond acceptors (Lipinski definition) is 4. The number of likely N-dealkylation sites (tertiary alicyclic amines) is 1. The van der Waals surface area contributed by atoms with Crippen molar-refractivity contribution in [1.29, 1.82) is 0 Å². The number of carboxylic acids is 1. The summed E-state index contributed by atoms with van der Waals surface area (Å²) >= 11 is 0. The average molecular weight is 244 g/mol. The van der Waals surface area contributed by atoms with E-state index in [1.807, 2.05) is 6.92 Å². The summed E-state index contributed by atoms with van der Waals surface area (Å²) in [6.45, 7) is 5.53. The summed E-state index contributed by atoms with van der Waals surface area (Å²) in [7, 11) is 0. The molecule has 0 amide bonds. The number of carboxylic acid groups (broad SMARTS) is 1. The van der Waals surface area contributed by atoms with Gasteiger partial charge in [0, 0.05) is 13.1 Å². The number of β-amino-alcohol motifs (C(OH)–C–C–N with tert-alkyl or cyclic N) is 1. The highest BCUT2D eigenvalue weighted by atomic mass is 16.4. The predicted molar refractivity (Wildman–Crippen MR) is 66.0 cm³/mol. The van der Waals surface area contributed by atoms with Crippen LogP contribution in [0, 0.1) is 5.92 Å². The lowest BCUT2D eigenvalue weighted by Crippen LogP contribution is -2.43. The fraction of sp³-hybridized carbons (Fsp3) is 0.917. The number of rotatable bonds is 7. The van der Waals surface area contributed by atoms with Gasteiger partial charge in [-0.3, -0.25) is 4.79 Å². The maximum atomic E-state index is 10.4. The van der Waals surface area contributed by atoms with Crippen molar-refractivity contribution in [3.8, 4) is 0 Å². The molecule has 2 atom stereocenters. The second kappa shape index (κ2) is 7.63. The van der Waals surface area contributed by atoms with Gasteiger partial charge in [-0.2, -0.15) is 0 Å². The summed E-state index contributed by atoms with van der Waals surface area (Å²) in [5, 5.41) is 21.1. The molecule has 1 saturated heterocycles. The van der Waals surface area contributed by atoms with E-state index >= 15 is 0 Å². The molecule has 5 nitrogen and oxygen atoms in total. The van der Waals surface area contributed by atoms with Crippen molar-refractivity contribution in [2.24, 2.45) is 5.92 Å². The Labute approximate surface area is 103 Å². The summed E-state index contributed by atoms with van der Waals surface area (Å²) in [4.78, 5) is 12.7. The molecule has 0 bridgehead atoms. The van der Waals surface area contributed by atoms with Gasteiger partial charge in [0.25, 0.3) is 0 Å². The molecule has 0 aliphatic carbocycles. The lowest BCUT2D eigenvalue weighted by Gasteiger charge is -2.33. The molecule has 0 aromatic heterocycles. The Morgan fingerprint density at radius 2 is 2.35 bits per heavy atom. The van der Waals surface area contributed by atoms with Gasteiger partial charge in [0.1, 0.15) is 0 Å². The molecule has 1 rings (SSSR count). The van der Waals surface area contributed by atoms with Gasteiger partial charge < -0.3 is 20.4 Å². The number of carbonyl (C=O) groups is 1. The average Bonchev–Trinajstić information content (AvgIpc) is 2.29. The van der Waals surface area contributed by atoms with Crippen LogP contribution in [0.1, 0.15) is 26.2 Å². The van der Waals surface area contributed by atoms with E-state index in [0.29, 0.717) is 5.92 Å². The molecular formula is C12H24N2O3. The number of aliphatic carboxylic acids is 1. The third-order valence-electron chi connectivity index (χ3n) is 3.25. The largest absolute Gasteiger partial charge is 0.480 e. The van der Waals surface area contributed by atoms with Crippen molar-refractivity contribution >= 4 is 5.97 Å². The third kappa shape index (κ3) is 6.00. The zero-order valence-corrected chi connectivity index (χ0v) is 10.6. The summed E-state index contributed by atoms with van der Waals surface area (Å²) in [5.74, 6) is -0.300.